The van der Waals surface area contributed by atoms with Crippen molar-refractivity contribution in [2.45, 2.75) is 6.04 Å². The first-order chi connectivity index (χ1) is 6.90. The number of nitrogens with two attached hydrogens (primary N) is 1. The smallest absolute Gasteiger partial charge is 0.343 e. The van der Waals surface area contributed by atoms with Crippen molar-refractivity contribution in [3.63, 3.8) is 0 Å². The minimum absolute atomic E-state index is 0.506. The second-order valence-corrected chi connectivity index (χ2v) is 4.57. The Hall–Kier alpha value is -1.40. The van der Waals surface area contributed by atoms with Crippen LogP contribution in [0.25, 0.3) is 0 Å². The topological polar surface area (TPSA) is 86.5 Å². The van der Waals surface area contributed by atoms with Gasteiger partial charge in [-0.15, -0.1) is 0 Å². The lowest BCUT2D eigenvalue weighted by Gasteiger charge is -2.09. The van der Waals surface area contributed by atoms with Crippen LogP contribution in [-0.4, -0.2) is 20.6 Å². The Morgan fingerprint density at radius 1 is 1.33 bits per heavy atom. The highest BCUT2D eigenvalue weighted by Gasteiger charge is 2.20. The lowest BCUT2D eigenvalue weighted by molar-refractivity contribution is -0.135. The van der Waals surface area contributed by atoms with Crippen molar-refractivity contribution < 1.29 is 17.4 Å². The summed E-state index contributed by atoms with van der Waals surface area (Å²) in [6, 6.07) is 7.31. The maximum Gasteiger partial charge on any atom is 0.343 e. The van der Waals surface area contributed by atoms with Crippen LogP contribution in [0.1, 0.15) is 11.6 Å². The number of hydrogen-bond donors (Lipinski definition) is 1. The maximum absolute atomic E-state index is 11.2. The van der Waals surface area contributed by atoms with Gasteiger partial charge in [0.15, 0.2) is 0 Å². The minimum Gasteiger partial charge on any atom is -0.344 e. The standard InChI is InChI=1S/C9H11NO4S/c1-15(12,13)14-9(11)8(10)7-5-3-2-4-6-7/h2-6,8H,10H2,1H3. The Kier molecular flexibility index (Phi) is 3.43. The van der Waals surface area contributed by atoms with Crippen molar-refractivity contribution in [1.82, 2.24) is 0 Å². The van der Waals surface area contributed by atoms with Gasteiger partial charge < -0.3 is 9.92 Å². The first-order valence-electron chi connectivity index (χ1n) is 4.14. The van der Waals surface area contributed by atoms with Gasteiger partial charge in [0, 0.05) is 0 Å². The van der Waals surface area contributed by atoms with E-state index in [1.165, 1.54) is 0 Å². The zero-order valence-electron chi connectivity index (χ0n) is 8.08. The number of hydrogen-bond acceptors (Lipinski definition) is 5. The molecule has 0 radical (unpaired) electrons. The molecular formula is C9H11NO4S. The van der Waals surface area contributed by atoms with E-state index in [9.17, 15) is 13.2 Å². The van der Waals surface area contributed by atoms with E-state index in [1.807, 2.05) is 0 Å². The van der Waals surface area contributed by atoms with Crippen LogP contribution >= 0.6 is 0 Å². The summed E-state index contributed by atoms with van der Waals surface area (Å²) in [5.74, 6) is -0.983. The van der Waals surface area contributed by atoms with Crippen LogP contribution in [0.5, 0.6) is 0 Å². The number of carbonyl (C=O) groups excluding carboxylic acids is 1. The molecule has 0 saturated heterocycles. The Bertz CT molecular complexity index is 440. The maximum atomic E-state index is 11.2. The molecule has 15 heavy (non-hydrogen) atoms. The molecule has 1 aromatic rings. The van der Waals surface area contributed by atoms with Gasteiger partial charge in [-0.2, -0.15) is 8.42 Å². The van der Waals surface area contributed by atoms with Gasteiger partial charge in [0.2, 0.25) is 0 Å². The Morgan fingerprint density at radius 3 is 2.33 bits per heavy atom. The average molecular weight is 229 g/mol. The molecular weight excluding hydrogens is 218 g/mol. The van der Waals surface area contributed by atoms with Crippen LogP contribution in [0, 0.1) is 0 Å². The summed E-state index contributed by atoms with van der Waals surface area (Å²) in [6.45, 7) is 0. The second kappa shape index (κ2) is 4.41. The molecule has 82 valence electrons. The third-order valence-electron chi connectivity index (χ3n) is 1.65. The fraction of sp³-hybridized carbons (Fsp3) is 0.222. The van der Waals surface area contributed by atoms with Gasteiger partial charge in [-0.3, -0.25) is 0 Å². The van der Waals surface area contributed by atoms with Crippen LogP contribution in [0.3, 0.4) is 0 Å². The van der Waals surface area contributed by atoms with E-state index in [4.69, 9.17) is 5.73 Å². The van der Waals surface area contributed by atoms with Crippen LogP contribution in [0.2, 0.25) is 0 Å². The molecule has 0 aliphatic rings. The van der Waals surface area contributed by atoms with Gasteiger partial charge in [0.25, 0.3) is 0 Å². The Labute approximate surface area is 88.0 Å². The van der Waals surface area contributed by atoms with Gasteiger partial charge in [0.05, 0.1) is 6.26 Å². The van der Waals surface area contributed by atoms with Gasteiger partial charge in [-0.25, -0.2) is 4.79 Å². The van der Waals surface area contributed by atoms with Crippen LogP contribution in [-0.2, 0) is 19.1 Å². The largest absolute Gasteiger partial charge is 0.344 e. The normalized spacial score (nSPS) is 13.2. The summed E-state index contributed by atoms with van der Waals surface area (Å²) in [5.41, 5.74) is 6.01. The van der Waals surface area contributed by atoms with Gasteiger partial charge in [0.1, 0.15) is 6.04 Å². The molecule has 6 heteroatoms. The van der Waals surface area contributed by atoms with Crippen molar-refractivity contribution in [1.29, 1.82) is 0 Å². The molecule has 2 N–H and O–H groups in total. The summed E-state index contributed by atoms with van der Waals surface area (Å²) < 4.78 is 25.5. The molecule has 1 atom stereocenters. The predicted molar refractivity (Wildman–Crippen MR) is 54.3 cm³/mol. The summed E-state index contributed by atoms with van der Waals surface area (Å²) in [4.78, 5) is 11.2. The highest BCUT2D eigenvalue weighted by molar-refractivity contribution is 7.86. The SMILES string of the molecule is CS(=O)(=O)OC(=O)C(N)c1ccccc1. The molecule has 0 heterocycles. The molecule has 0 aromatic heterocycles. The summed E-state index contributed by atoms with van der Waals surface area (Å²) in [5, 5.41) is 0. The molecule has 1 rings (SSSR count). The van der Waals surface area contributed by atoms with Crippen molar-refractivity contribution in [3.05, 3.63) is 35.9 Å². The Balaban J connectivity index is 2.78. The van der Waals surface area contributed by atoms with Crippen molar-refractivity contribution >= 4 is 16.1 Å². The summed E-state index contributed by atoms with van der Waals surface area (Å²) in [6.07, 6.45) is 0.794. The lowest BCUT2D eigenvalue weighted by atomic mass is 10.1. The van der Waals surface area contributed by atoms with E-state index >= 15 is 0 Å². The van der Waals surface area contributed by atoms with E-state index in [-0.39, 0.29) is 0 Å². The molecule has 1 unspecified atom stereocenters. The minimum atomic E-state index is -3.81. The number of benzene rings is 1. The van der Waals surface area contributed by atoms with Gasteiger partial charge >= 0.3 is 16.1 Å². The van der Waals surface area contributed by atoms with E-state index in [1.54, 1.807) is 30.3 Å². The van der Waals surface area contributed by atoms with Crippen LogP contribution in [0.4, 0.5) is 0 Å². The fourth-order valence-corrected chi connectivity index (χ4v) is 1.40. The highest BCUT2D eigenvalue weighted by atomic mass is 32.2. The first kappa shape index (κ1) is 11.7. The molecule has 0 aliphatic heterocycles. The zero-order valence-corrected chi connectivity index (χ0v) is 8.90. The third kappa shape index (κ3) is 3.69. The van der Waals surface area contributed by atoms with Gasteiger partial charge in [-0.05, 0) is 5.56 Å². The third-order valence-corrected chi connectivity index (χ3v) is 2.11. The molecule has 0 saturated carbocycles. The van der Waals surface area contributed by atoms with Crippen molar-refractivity contribution in [2.24, 2.45) is 5.73 Å². The molecule has 0 bridgehead atoms. The first-order valence-corrected chi connectivity index (χ1v) is 5.95. The molecule has 0 fully saturated rings. The number of rotatable bonds is 3. The average Bonchev–Trinajstić information content (AvgIpc) is 2.15. The van der Waals surface area contributed by atoms with E-state index in [0.29, 0.717) is 5.56 Å². The highest BCUT2D eigenvalue weighted by Crippen LogP contribution is 2.11. The molecule has 0 spiro atoms. The van der Waals surface area contributed by atoms with E-state index in [0.717, 1.165) is 6.26 Å². The van der Waals surface area contributed by atoms with Crippen molar-refractivity contribution in [3.8, 4) is 0 Å². The summed E-state index contributed by atoms with van der Waals surface area (Å²) >= 11 is 0. The molecule has 1 aromatic carbocycles. The fourth-order valence-electron chi connectivity index (χ4n) is 0.997. The quantitative estimate of drug-likeness (QED) is 0.747. The van der Waals surface area contributed by atoms with Crippen LogP contribution < -0.4 is 5.73 Å². The monoisotopic (exact) mass is 229 g/mol. The van der Waals surface area contributed by atoms with E-state index in [2.05, 4.69) is 4.18 Å². The Morgan fingerprint density at radius 2 is 1.87 bits per heavy atom. The van der Waals surface area contributed by atoms with Gasteiger partial charge in [-0.1, -0.05) is 30.3 Å². The molecule has 5 nitrogen and oxygen atoms in total. The van der Waals surface area contributed by atoms with E-state index < -0.39 is 22.1 Å². The molecule has 0 amide bonds. The number of carbonyl (C=O) groups is 1. The molecule has 0 aliphatic carbocycles. The second-order valence-electron chi connectivity index (χ2n) is 2.99. The zero-order chi connectivity index (χ0) is 11.5. The van der Waals surface area contributed by atoms with Crippen molar-refractivity contribution in [2.75, 3.05) is 6.26 Å². The summed E-state index contributed by atoms with van der Waals surface area (Å²) in [7, 11) is -3.81. The van der Waals surface area contributed by atoms with Crippen LogP contribution in [0.15, 0.2) is 30.3 Å². The lowest BCUT2D eigenvalue weighted by Crippen LogP contribution is -2.25. The predicted octanol–water partition coefficient (Wildman–Crippen LogP) is 0.189.